The Balaban J connectivity index is 2.33. The number of rotatable bonds is 3. The first-order chi connectivity index (χ1) is 8.91. The van der Waals surface area contributed by atoms with E-state index < -0.39 is 15.9 Å². The summed E-state index contributed by atoms with van der Waals surface area (Å²) < 4.78 is 26.3. The Morgan fingerprint density at radius 3 is 2.84 bits per heavy atom. The van der Waals surface area contributed by atoms with E-state index >= 15 is 0 Å². The molecule has 1 aliphatic heterocycles. The lowest BCUT2D eigenvalue weighted by Gasteiger charge is -2.31. The van der Waals surface area contributed by atoms with Crippen LogP contribution in [0.1, 0.15) is 17.3 Å². The van der Waals surface area contributed by atoms with Gasteiger partial charge in [0.15, 0.2) is 0 Å². The zero-order valence-corrected chi connectivity index (χ0v) is 11.5. The van der Waals surface area contributed by atoms with E-state index in [1.165, 1.54) is 28.6 Å². The first-order valence-corrected chi connectivity index (χ1v) is 7.48. The third-order valence-electron chi connectivity index (χ3n) is 3.09. The minimum atomic E-state index is -3.57. The smallest absolute Gasteiger partial charge is 0.248 e. The average Bonchev–Trinajstić information content (AvgIpc) is 2.39. The van der Waals surface area contributed by atoms with Crippen LogP contribution in [0.4, 0.5) is 0 Å². The molecule has 0 unspecified atom stereocenters. The number of sulfonamides is 1. The third-order valence-corrected chi connectivity index (χ3v) is 4.95. The van der Waals surface area contributed by atoms with E-state index in [-0.39, 0.29) is 16.5 Å². The van der Waals surface area contributed by atoms with E-state index in [1.54, 1.807) is 0 Å². The number of piperazine rings is 1. The van der Waals surface area contributed by atoms with Crippen LogP contribution >= 0.6 is 0 Å². The molecule has 104 valence electrons. The number of carbonyl (C=O) groups excluding carboxylic acids is 1. The summed E-state index contributed by atoms with van der Waals surface area (Å²) in [6.07, 6.45) is 0. The van der Waals surface area contributed by atoms with E-state index in [0.29, 0.717) is 19.6 Å². The van der Waals surface area contributed by atoms with E-state index in [9.17, 15) is 13.2 Å². The highest BCUT2D eigenvalue weighted by Gasteiger charge is 2.28. The van der Waals surface area contributed by atoms with Crippen molar-refractivity contribution in [3.8, 4) is 0 Å². The summed E-state index contributed by atoms with van der Waals surface area (Å²) in [5, 5.41) is 3.18. The van der Waals surface area contributed by atoms with E-state index in [4.69, 9.17) is 5.73 Å². The van der Waals surface area contributed by atoms with Crippen LogP contribution in [0.15, 0.2) is 29.2 Å². The van der Waals surface area contributed by atoms with Gasteiger partial charge >= 0.3 is 0 Å². The maximum atomic E-state index is 12.5. The molecule has 1 atom stereocenters. The van der Waals surface area contributed by atoms with Crippen molar-refractivity contribution in [3.63, 3.8) is 0 Å². The Hall–Kier alpha value is -1.44. The summed E-state index contributed by atoms with van der Waals surface area (Å²) in [7, 11) is -3.57. The van der Waals surface area contributed by atoms with Crippen LogP contribution in [0.2, 0.25) is 0 Å². The molecule has 3 N–H and O–H groups in total. The van der Waals surface area contributed by atoms with Gasteiger partial charge in [-0.05, 0) is 25.1 Å². The molecule has 19 heavy (non-hydrogen) atoms. The van der Waals surface area contributed by atoms with E-state index in [1.807, 2.05) is 6.92 Å². The molecule has 1 aliphatic rings. The van der Waals surface area contributed by atoms with Crippen molar-refractivity contribution in [2.75, 3.05) is 19.6 Å². The molecular formula is C12H17N3O3S. The number of hydrogen-bond donors (Lipinski definition) is 2. The lowest BCUT2D eigenvalue weighted by molar-refractivity contribution is 0.1000. The standard InChI is InChI=1S/C12H17N3O3S/c1-9-8-15(6-5-14-9)19(17,18)11-4-2-3-10(7-11)12(13)16/h2-4,7,9,14H,5-6,8H2,1H3,(H2,13,16)/t9-/m1/s1. The van der Waals surface area contributed by atoms with Gasteiger partial charge in [-0.15, -0.1) is 0 Å². The minimum Gasteiger partial charge on any atom is -0.366 e. The highest BCUT2D eigenvalue weighted by molar-refractivity contribution is 7.89. The molecule has 1 fully saturated rings. The van der Waals surface area contributed by atoms with Crippen LogP contribution in [-0.2, 0) is 10.0 Å². The number of hydrogen-bond acceptors (Lipinski definition) is 4. The average molecular weight is 283 g/mol. The van der Waals surface area contributed by atoms with Gasteiger partial charge in [0.05, 0.1) is 4.90 Å². The summed E-state index contributed by atoms with van der Waals surface area (Å²) in [4.78, 5) is 11.2. The summed E-state index contributed by atoms with van der Waals surface area (Å²) in [6.45, 7) is 3.40. The van der Waals surface area contributed by atoms with Gasteiger partial charge < -0.3 is 11.1 Å². The van der Waals surface area contributed by atoms with E-state index in [0.717, 1.165) is 0 Å². The summed E-state index contributed by atoms with van der Waals surface area (Å²) in [5.41, 5.74) is 5.37. The monoisotopic (exact) mass is 283 g/mol. The normalized spacial score (nSPS) is 21.2. The molecule has 0 bridgehead atoms. The molecule has 0 aliphatic carbocycles. The first-order valence-electron chi connectivity index (χ1n) is 6.04. The SMILES string of the molecule is C[C@@H]1CN(S(=O)(=O)c2cccc(C(N)=O)c2)CCN1. The number of amides is 1. The fourth-order valence-corrected chi connectivity index (χ4v) is 3.65. The molecule has 1 heterocycles. The summed E-state index contributed by atoms with van der Waals surface area (Å²) in [5.74, 6) is -0.634. The number of primary amides is 1. The minimum absolute atomic E-state index is 0.109. The molecule has 2 rings (SSSR count). The lowest BCUT2D eigenvalue weighted by Crippen LogP contribution is -2.51. The van der Waals surface area contributed by atoms with Crippen molar-refractivity contribution in [1.82, 2.24) is 9.62 Å². The van der Waals surface area contributed by atoms with Gasteiger partial charge in [-0.3, -0.25) is 4.79 Å². The van der Waals surface area contributed by atoms with Crippen molar-refractivity contribution in [3.05, 3.63) is 29.8 Å². The Labute approximate surface area is 112 Å². The van der Waals surface area contributed by atoms with Crippen molar-refractivity contribution < 1.29 is 13.2 Å². The quantitative estimate of drug-likeness (QED) is 0.801. The van der Waals surface area contributed by atoms with Crippen LogP contribution in [0.5, 0.6) is 0 Å². The van der Waals surface area contributed by atoms with Crippen LogP contribution in [0, 0.1) is 0 Å². The van der Waals surface area contributed by atoms with Crippen LogP contribution < -0.4 is 11.1 Å². The Morgan fingerprint density at radius 2 is 2.21 bits per heavy atom. The van der Waals surface area contributed by atoms with Crippen LogP contribution in [-0.4, -0.2) is 44.3 Å². The second kappa shape index (κ2) is 5.28. The fraction of sp³-hybridized carbons (Fsp3) is 0.417. The second-order valence-corrected chi connectivity index (χ2v) is 6.55. The van der Waals surface area contributed by atoms with Gasteiger partial charge in [-0.1, -0.05) is 6.07 Å². The zero-order chi connectivity index (χ0) is 14.0. The Bertz CT molecular complexity index is 586. The number of carbonyl (C=O) groups is 1. The van der Waals surface area contributed by atoms with Gasteiger partial charge in [0.2, 0.25) is 15.9 Å². The third kappa shape index (κ3) is 2.94. The lowest BCUT2D eigenvalue weighted by atomic mass is 10.2. The molecule has 0 radical (unpaired) electrons. The molecule has 6 nitrogen and oxygen atoms in total. The van der Waals surface area contributed by atoms with Gasteiger partial charge in [0, 0.05) is 31.2 Å². The molecule has 1 aromatic carbocycles. The van der Waals surface area contributed by atoms with Gasteiger partial charge in [0.1, 0.15) is 0 Å². The van der Waals surface area contributed by atoms with Crippen molar-refractivity contribution in [1.29, 1.82) is 0 Å². The molecule has 1 saturated heterocycles. The number of nitrogens with one attached hydrogen (secondary N) is 1. The Kier molecular flexibility index (Phi) is 3.88. The number of nitrogens with two attached hydrogens (primary N) is 1. The molecule has 7 heteroatoms. The van der Waals surface area contributed by atoms with Crippen LogP contribution in [0.3, 0.4) is 0 Å². The molecule has 0 aromatic heterocycles. The highest BCUT2D eigenvalue weighted by Crippen LogP contribution is 2.18. The molecule has 1 aromatic rings. The predicted molar refractivity (Wildman–Crippen MR) is 71.2 cm³/mol. The fourth-order valence-electron chi connectivity index (χ4n) is 2.07. The maximum Gasteiger partial charge on any atom is 0.248 e. The second-order valence-electron chi connectivity index (χ2n) is 4.61. The number of benzene rings is 1. The molecule has 1 amide bonds. The topological polar surface area (TPSA) is 92.5 Å². The van der Waals surface area contributed by atoms with Crippen molar-refractivity contribution >= 4 is 15.9 Å². The van der Waals surface area contributed by atoms with Gasteiger partial charge in [-0.2, -0.15) is 4.31 Å². The maximum absolute atomic E-state index is 12.5. The highest BCUT2D eigenvalue weighted by atomic mass is 32.2. The zero-order valence-electron chi connectivity index (χ0n) is 10.7. The predicted octanol–water partition coefficient (Wildman–Crippen LogP) is -0.232. The molecule has 0 spiro atoms. The Morgan fingerprint density at radius 1 is 1.47 bits per heavy atom. The summed E-state index contributed by atoms with van der Waals surface area (Å²) in [6, 6.07) is 5.95. The van der Waals surface area contributed by atoms with E-state index in [2.05, 4.69) is 5.32 Å². The van der Waals surface area contributed by atoms with Crippen molar-refractivity contribution in [2.45, 2.75) is 17.9 Å². The van der Waals surface area contributed by atoms with Crippen LogP contribution in [0.25, 0.3) is 0 Å². The van der Waals surface area contributed by atoms with Gasteiger partial charge in [0.25, 0.3) is 0 Å². The number of nitrogens with zero attached hydrogens (tertiary/aromatic N) is 1. The molecule has 0 saturated carbocycles. The van der Waals surface area contributed by atoms with Gasteiger partial charge in [-0.25, -0.2) is 8.42 Å². The van der Waals surface area contributed by atoms with Crippen molar-refractivity contribution in [2.24, 2.45) is 5.73 Å². The molecular weight excluding hydrogens is 266 g/mol. The first kappa shape index (κ1) is 14.0. The summed E-state index contributed by atoms with van der Waals surface area (Å²) >= 11 is 0. The largest absolute Gasteiger partial charge is 0.366 e.